The molecule has 4 rings (SSSR count). The number of aromatic hydroxyl groups is 2. The van der Waals surface area contributed by atoms with Gasteiger partial charge in [0.1, 0.15) is 11.5 Å². The maximum absolute atomic E-state index is 13.2. The highest BCUT2D eigenvalue weighted by atomic mass is 16.3. The molecule has 1 aliphatic heterocycles. The van der Waals surface area contributed by atoms with Gasteiger partial charge in [0.25, 0.3) is 0 Å². The molecule has 0 radical (unpaired) electrons. The van der Waals surface area contributed by atoms with E-state index >= 15 is 0 Å². The summed E-state index contributed by atoms with van der Waals surface area (Å²) in [6.07, 6.45) is 3.44. The minimum atomic E-state index is -0.00683. The second kappa shape index (κ2) is 9.99. The normalized spacial score (nSPS) is 26.1. The van der Waals surface area contributed by atoms with Gasteiger partial charge in [-0.1, -0.05) is 45.9 Å². The molecule has 4 atom stereocenters. The van der Waals surface area contributed by atoms with Crippen molar-refractivity contribution in [3.63, 3.8) is 0 Å². The first kappa shape index (κ1) is 24.6. The lowest BCUT2D eigenvalue weighted by atomic mass is 9.68. The lowest BCUT2D eigenvalue weighted by Gasteiger charge is -2.46. The van der Waals surface area contributed by atoms with Gasteiger partial charge in [0.2, 0.25) is 5.91 Å². The van der Waals surface area contributed by atoms with E-state index in [1.54, 1.807) is 12.1 Å². The van der Waals surface area contributed by atoms with Crippen molar-refractivity contribution >= 4 is 5.91 Å². The molecule has 1 unspecified atom stereocenters. The van der Waals surface area contributed by atoms with E-state index in [4.69, 9.17) is 0 Å². The maximum Gasteiger partial charge on any atom is 0.223 e. The van der Waals surface area contributed by atoms with Crippen molar-refractivity contribution in [1.82, 2.24) is 10.2 Å². The van der Waals surface area contributed by atoms with Crippen molar-refractivity contribution in [3.05, 3.63) is 59.2 Å². The van der Waals surface area contributed by atoms with Crippen molar-refractivity contribution in [2.24, 2.45) is 17.8 Å². The lowest BCUT2D eigenvalue weighted by Crippen LogP contribution is -2.54. The fourth-order valence-corrected chi connectivity index (χ4v) is 5.74. The number of carbonyl (C=O) groups excluding carboxylic acids is 1. The van der Waals surface area contributed by atoms with E-state index in [9.17, 15) is 15.0 Å². The zero-order chi connectivity index (χ0) is 24.5. The summed E-state index contributed by atoms with van der Waals surface area (Å²) in [7, 11) is 0. The summed E-state index contributed by atoms with van der Waals surface area (Å²) in [5.41, 5.74) is 3.60. The Bertz CT molecular complexity index is 1020. The summed E-state index contributed by atoms with van der Waals surface area (Å²) in [4.78, 5) is 15.7. The van der Waals surface area contributed by atoms with Gasteiger partial charge in [-0.25, -0.2) is 0 Å². The summed E-state index contributed by atoms with van der Waals surface area (Å²) < 4.78 is 0. The van der Waals surface area contributed by atoms with Crippen LogP contribution < -0.4 is 5.32 Å². The Balaban J connectivity index is 1.36. The molecule has 3 N–H and O–H groups in total. The summed E-state index contributed by atoms with van der Waals surface area (Å²) in [5.74, 6) is 1.58. The van der Waals surface area contributed by atoms with E-state index in [2.05, 4.69) is 44.0 Å². The number of phenolic OH excluding ortho intramolecular Hbond substituents is 2. The number of likely N-dealkylation sites (tertiary alicyclic amines) is 1. The molecule has 5 nitrogen and oxygen atoms in total. The molecule has 1 aliphatic carbocycles. The van der Waals surface area contributed by atoms with Crippen molar-refractivity contribution in [1.29, 1.82) is 0 Å². The highest BCUT2D eigenvalue weighted by Gasteiger charge is 2.39. The Morgan fingerprint density at radius 3 is 2.62 bits per heavy atom. The minimum Gasteiger partial charge on any atom is -0.508 e. The highest BCUT2D eigenvalue weighted by molar-refractivity contribution is 5.79. The summed E-state index contributed by atoms with van der Waals surface area (Å²) in [6, 6.07) is 13.3. The van der Waals surface area contributed by atoms with Crippen LogP contribution in [0.5, 0.6) is 11.5 Å². The molecule has 5 heteroatoms. The molecule has 34 heavy (non-hydrogen) atoms. The zero-order valence-electron chi connectivity index (χ0n) is 21.1. The van der Waals surface area contributed by atoms with Crippen molar-refractivity contribution in [2.75, 3.05) is 19.6 Å². The van der Waals surface area contributed by atoms with E-state index in [1.165, 1.54) is 16.7 Å². The van der Waals surface area contributed by atoms with E-state index < -0.39 is 0 Å². The van der Waals surface area contributed by atoms with E-state index in [0.29, 0.717) is 23.3 Å². The van der Waals surface area contributed by atoms with Crippen LogP contribution in [-0.2, 0) is 23.1 Å². The Morgan fingerprint density at radius 2 is 1.91 bits per heavy atom. The number of aryl methyl sites for hydroxylation is 1. The van der Waals surface area contributed by atoms with Gasteiger partial charge < -0.3 is 20.4 Å². The SMILES string of the molecule is CC(C)[C@@H](CN1CC[C@](C)(c2cccc(O)c2)[C@H](C)C1)NC(=O)C1CCc2cc(O)ccc2C1. The van der Waals surface area contributed by atoms with Crippen LogP contribution in [0, 0.1) is 17.8 Å². The van der Waals surface area contributed by atoms with Gasteiger partial charge in [0, 0.05) is 25.0 Å². The van der Waals surface area contributed by atoms with Crippen LogP contribution >= 0.6 is 0 Å². The number of phenols is 2. The maximum atomic E-state index is 13.2. The number of amides is 1. The molecule has 0 spiro atoms. The number of nitrogens with one attached hydrogen (secondary N) is 1. The molecule has 1 saturated heterocycles. The third-order valence-electron chi connectivity index (χ3n) is 8.45. The van der Waals surface area contributed by atoms with Crippen LogP contribution in [-0.4, -0.2) is 46.7 Å². The highest BCUT2D eigenvalue weighted by Crippen LogP contribution is 2.40. The summed E-state index contributed by atoms with van der Waals surface area (Å²) >= 11 is 0. The van der Waals surface area contributed by atoms with Gasteiger partial charge in [-0.15, -0.1) is 0 Å². The topological polar surface area (TPSA) is 72.8 Å². The molecular formula is C29H40N2O3. The van der Waals surface area contributed by atoms with E-state index in [1.807, 2.05) is 24.3 Å². The Morgan fingerprint density at radius 1 is 1.15 bits per heavy atom. The van der Waals surface area contributed by atoms with Crippen LogP contribution in [0.3, 0.4) is 0 Å². The molecule has 0 bridgehead atoms. The first-order valence-corrected chi connectivity index (χ1v) is 12.8. The predicted octanol–water partition coefficient (Wildman–Crippen LogP) is 4.64. The van der Waals surface area contributed by atoms with Crippen LogP contribution in [0.1, 0.15) is 57.2 Å². The van der Waals surface area contributed by atoms with Gasteiger partial charge in [-0.2, -0.15) is 0 Å². The largest absolute Gasteiger partial charge is 0.508 e. The second-order valence-electron chi connectivity index (χ2n) is 11.1. The van der Waals surface area contributed by atoms with Crippen LogP contribution in [0.2, 0.25) is 0 Å². The molecule has 2 aliphatic rings. The van der Waals surface area contributed by atoms with Crippen molar-refractivity contribution in [2.45, 2.75) is 64.8 Å². The summed E-state index contributed by atoms with van der Waals surface area (Å²) in [6.45, 7) is 11.8. The number of carbonyl (C=O) groups is 1. The third-order valence-corrected chi connectivity index (χ3v) is 8.45. The Labute approximate surface area is 204 Å². The number of rotatable bonds is 6. The molecule has 1 heterocycles. The van der Waals surface area contributed by atoms with E-state index in [-0.39, 0.29) is 23.3 Å². The average molecular weight is 465 g/mol. The van der Waals surface area contributed by atoms with Crippen LogP contribution in [0.4, 0.5) is 0 Å². The van der Waals surface area contributed by atoms with Gasteiger partial charge in [-0.3, -0.25) is 4.79 Å². The van der Waals surface area contributed by atoms with Crippen molar-refractivity contribution in [3.8, 4) is 11.5 Å². The molecule has 0 saturated carbocycles. The molecule has 0 aromatic heterocycles. The lowest BCUT2D eigenvalue weighted by molar-refractivity contribution is -0.126. The number of fused-ring (bicyclic) bond motifs is 1. The van der Waals surface area contributed by atoms with Gasteiger partial charge in [0.15, 0.2) is 0 Å². The Hall–Kier alpha value is -2.53. The minimum absolute atomic E-state index is 0.00683. The number of nitrogens with zero attached hydrogens (tertiary/aromatic N) is 1. The van der Waals surface area contributed by atoms with Gasteiger partial charge >= 0.3 is 0 Å². The molecular weight excluding hydrogens is 424 g/mol. The van der Waals surface area contributed by atoms with Gasteiger partial charge in [-0.05, 0) is 90.4 Å². The number of piperidine rings is 1. The molecule has 2 aromatic rings. The molecule has 184 valence electrons. The average Bonchev–Trinajstić information content (AvgIpc) is 2.80. The number of hydrogen-bond acceptors (Lipinski definition) is 4. The summed E-state index contributed by atoms with van der Waals surface area (Å²) in [5, 5.41) is 23.1. The second-order valence-corrected chi connectivity index (χ2v) is 11.1. The molecule has 1 amide bonds. The van der Waals surface area contributed by atoms with Crippen LogP contribution in [0.15, 0.2) is 42.5 Å². The number of benzene rings is 2. The molecule has 2 aromatic carbocycles. The quantitative estimate of drug-likeness (QED) is 0.582. The fourth-order valence-electron chi connectivity index (χ4n) is 5.74. The first-order chi connectivity index (χ1) is 16.2. The first-order valence-electron chi connectivity index (χ1n) is 12.8. The van der Waals surface area contributed by atoms with Crippen molar-refractivity contribution < 1.29 is 15.0 Å². The van der Waals surface area contributed by atoms with Crippen LogP contribution in [0.25, 0.3) is 0 Å². The Kier molecular flexibility index (Phi) is 7.22. The van der Waals surface area contributed by atoms with E-state index in [0.717, 1.165) is 45.3 Å². The van der Waals surface area contributed by atoms with Gasteiger partial charge in [0.05, 0.1) is 0 Å². The molecule has 1 fully saturated rings. The number of hydrogen-bond donors (Lipinski definition) is 3. The third kappa shape index (κ3) is 5.25. The standard InChI is InChI=1S/C29H40N2O3/c1-19(2)27(30-28(34)23-9-8-22-15-26(33)11-10-21(22)14-23)18-31-13-12-29(4,20(3)17-31)24-6-5-7-25(32)16-24/h5-7,10-11,15-16,19-20,23,27,32-33H,8-9,12-14,17-18H2,1-4H3,(H,30,34)/t20-,23?,27-,29+/m1/s1. The zero-order valence-corrected chi connectivity index (χ0v) is 21.1. The monoisotopic (exact) mass is 464 g/mol. The fraction of sp³-hybridized carbons (Fsp3) is 0.552. The predicted molar refractivity (Wildman–Crippen MR) is 136 cm³/mol. The smallest absolute Gasteiger partial charge is 0.223 e.